The van der Waals surface area contributed by atoms with E-state index >= 15 is 0 Å². The van der Waals surface area contributed by atoms with Crippen molar-refractivity contribution in [1.82, 2.24) is 4.90 Å². The van der Waals surface area contributed by atoms with Gasteiger partial charge in [-0.3, -0.25) is 4.78 Å². The van der Waals surface area contributed by atoms with E-state index in [0.717, 1.165) is 19.6 Å². The molecule has 0 aromatic carbocycles. The summed E-state index contributed by atoms with van der Waals surface area (Å²) < 4.78 is 19.7. The number of nitrogens with one attached hydrogen (secondary N) is 1. The van der Waals surface area contributed by atoms with Crippen molar-refractivity contribution in [3.8, 4) is 0 Å². The van der Waals surface area contributed by atoms with Gasteiger partial charge in [0, 0.05) is 30.0 Å². The van der Waals surface area contributed by atoms with Gasteiger partial charge in [-0.15, -0.1) is 0 Å². The first kappa shape index (κ1) is 14.9. The van der Waals surface area contributed by atoms with Crippen LogP contribution >= 0.6 is 0 Å². The van der Waals surface area contributed by atoms with E-state index in [4.69, 9.17) is 4.78 Å². The normalized spacial score (nSPS) is 32.3. The fraction of sp³-hybridized carbons (Fsp3) is 1.00. The summed E-state index contributed by atoms with van der Waals surface area (Å²) in [5, 5.41) is 0.0706. The van der Waals surface area contributed by atoms with Gasteiger partial charge in [0.2, 0.25) is 0 Å². The zero-order valence-electron chi connectivity index (χ0n) is 10.7. The van der Waals surface area contributed by atoms with Gasteiger partial charge in [-0.1, -0.05) is 34.6 Å². The molecule has 1 N–H and O–H groups in total. The largest absolute Gasteiger partial charge is 0.301 e. The van der Waals surface area contributed by atoms with Crippen molar-refractivity contribution in [2.75, 3.05) is 25.4 Å². The van der Waals surface area contributed by atoms with E-state index in [-0.39, 0.29) is 6.68 Å². The average Bonchev–Trinajstić information content (AvgIpc) is 2.20. The summed E-state index contributed by atoms with van der Waals surface area (Å²) in [4.78, 5) is 2.29. The molecule has 0 bridgehead atoms. The van der Waals surface area contributed by atoms with Crippen LogP contribution in [0.25, 0.3) is 0 Å². The lowest BCUT2D eigenvalue weighted by Gasteiger charge is -2.35. The molecule has 1 aliphatic rings. The Kier molecular flexibility index (Phi) is 6.44. The highest BCUT2D eigenvalue weighted by Crippen LogP contribution is 2.19. The maximum atomic E-state index is 11.9. The van der Waals surface area contributed by atoms with Crippen molar-refractivity contribution in [1.29, 1.82) is 4.78 Å². The van der Waals surface area contributed by atoms with Gasteiger partial charge in [0.05, 0.1) is 5.25 Å². The first-order valence-corrected chi connectivity index (χ1v) is 7.74. The molecule has 3 nitrogen and oxygen atoms in total. The van der Waals surface area contributed by atoms with Gasteiger partial charge in [0.1, 0.15) is 0 Å². The molecule has 0 amide bonds. The molecule has 0 aliphatic carbocycles. The maximum Gasteiger partial charge on any atom is 0.0578 e. The fourth-order valence-electron chi connectivity index (χ4n) is 1.82. The highest BCUT2D eigenvalue weighted by molar-refractivity contribution is 7.93. The van der Waals surface area contributed by atoms with Gasteiger partial charge in [-0.2, -0.15) is 0 Å². The van der Waals surface area contributed by atoms with Crippen LogP contribution in [0.4, 0.5) is 0 Å². The molecule has 1 fully saturated rings. The van der Waals surface area contributed by atoms with Crippen LogP contribution in [0.3, 0.4) is 0 Å². The number of hydrogen-bond acceptors (Lipinski definition) is 3. The van der Waals surface area contributed by atoms with Crippen molar-refractivity contribution in [2.24, 2.45) is 5.92 Å². The summed E-state index contributed by atoms with van der Waals surface area (Å²) in [6, 6.07) is 0. The van der Waals surface area contributed by atoms with Crippen LogP contribution < -0.4 is 0 Å². The van der Waals surface area contributed by atoms with Gasteiger partial charge in [-0.05, 0) is 12.5 Å². The predicted octanol–water partition coefficient (Wildman–Crippen LogP) is 2.67. The van der Waals surface area contributed by atoms with Crippen molar-refractivity contribution in [3.63, 3.8) is 0 Å². The van der Waals surface area contributed by atoms with E-state index in [0.29, 0.717) is 11.7 Å². The van der Waals surface area contributed by atoms with Gasteiger partial charge in [-0.25, -0.2) is 4.21 Å². The molecular formula is C11H28N2OS. The van der Waals surface area contributed by atoms with Crippen LogP contribution in [0.2, 0.25) is 0 Å². The summed E-state index contributed by atoms with van der Waals surface area (Å²) in [5.41, 5.74) is 0. The zero-order chi connectivity index (χ0) is 12.1. The van der Waals surface area contributed by atoms with Gasteiger partial charge >= 0.3 is 0 Å². The van der Waals surface area contributed by atoms with Crippen LogP contribution in [0.5, 0.6) is 0 Å². The quantitative estimate of drug-likeness (QED) is 0.801. The summed E-state index contributed by atoms with van der Waals surface area (Å²) >= 11 is 0. The van der Waals surface area contributed by atoms with Crippen molar-refractivity contribution in [2.45, 2.75) is 39.9 Å². The molecule has 15 heavy (non-hydrogen) atoms. The lowest BCUT2D eigenvalue weighted by molar-refractivity contribution is 0.275. The van der Waals surface area contributed by atoms with Crippen molar-refractivity contribution < 1.29 is 5.64 Å². The van der Waals surface area contributed by atoms with E-state index in [9.17, 15) is 4.21 Å². The first-order chi connectivity index (χ1) is 6.97. The Morgan fingerprint density at radius 2 is 2.07 bits per heavy atom. The van der Waals surface area contributed by atoms with E-state index < -0.39 is 9.73 Å². The van der Waals surface area contributed by atoms with Gasteiger partial charge in [0.25, 0.3) is 0 Å². The molecule has 1 rings (SSSR count). The predicted molar refractivity (Wildman–Crippen MR) is 69.9 cm³/mol. The molecule has 0 aromatic rings. The first-order valence-electron chi connectivity index (χ1n) is 5.95. The smallest absolute Gasteiger partial charge is 0.0578 e. The van der Waals surface area contributed by atoms with E-state index in [1.54, 1.807) is 0 Å². The third-order valence-electron chi connectivity index (χ3n) is 2.83. The molecule has 1 saturated heterocycles. The molecular weight excluding hydrogens is 208 g/mol. The summed E-state index contributed by atoms with van der Waals surface area (Å²) in [5.74, 6) is 0.920. The maximum absolute atomic E-state index is 11.9. The van der Waals surface area contributed by atoms with E-state index in [1.165, 1.54) is 0 Å². The van der Waals surface area contributed by atoms with Crippen LogP contribution in [0.15, 0.2) is 0 Å². The molecule has 2 atom stereocenters. The van der Waals surface area contributed by atoms with Crippen molar-refractivity contribution >= 4 is 9.73 Å². The minimum absolute atomic E-state index is 0. The molecule has 0 spiro atoms. The third kappa shape index (κ3) is 4.11. The molecule has 4 heteroatoms. The molecule has 0 saturated carbocycles. The average molecular weight is 236 g/mol. The number of rotatable bonds is 2. The minimum atomic E-state index is -2.31. The van der Waals surface area contributed by atoms with Crippen LogP contribution in [-0.2, 0) is 9.73 Å². The van der Waals surface area contributed by atoms with Gasteiger partial charge in [0.15, 0.2) is 0 Å². The topological polar surface area (TPSA) is 44.2 Å². The fourth-order valence-corrected chi connectivity index (χ4v) is 3.98. The summed E-state index contributed by atoms with van der Waals surface area (Å²) in [7, 11) is -2.31. The second-order valence-corrected chi connectivity index (χ2v) is 6.57. The second-order valence-electron chi connectivity index (χ2n) is 4.11. The lowest BCUT2D eigenvalue weighted by Crippen LogP contribution is -2.48. The van der Waals surface area contributed by atoms with Crippen LogP contribution in [-0.4, -0.2) is 39.7 Å². The number of nitrogens with zero attached hydrogens (tertiary/aromatic N) is 1. The Balaban J connectivity index is 0. The van der Waals surface area contributed by atoms with Crippen LogP contribution in [0, 0.1) is 10.7 Å². The lowest BCUT2D eigenvalue weighted by atomic mass is 10.1. The standard InChI is InChI=1S/C9H20N2OS.C2H6.H2/c1-4-11-5-6-13(10,12)9(7-11)8(2)3;1-2;/h8-10H,4-7H2,1-3H3;1-2H3;1H. The SMILES string of the molecule is CC.CCN1CCS(=N)(=O)C(C(C)C)C1.[HH]. The Morgan fingerprint density at radius 1 is 1.53 bits per heavy atom. The highest BCUT2D eigenvalue weighted by atomic mass is 32.2. The minimum Gasteiger partial charge on any atom is -0.301 e. The molecule has 0 radical (unpaired) electrons. The third-order valence-corrected chi connectivity index (χ3v) is 5.29. The zero-order valence-corrected chi connectivity index (χ0v) is 11.6. The molecule has 0 aromatic heterocycles. The molecule has 2 unspecified atom stereocenters. The van der Waals surface area contributed by atoms with Gasteiger partial charge < -0.3 is 4.90 Å². The monoisotopic (exact) mass is 236 g/mol. The number of hydrogen-bond donors (Lipinski definition) is 1. The summed E-state index contributed by atoms with van der Waals surface area (Å²) in [6.45, 7) is 12.9. The molecule has 1 heterocycles. The Morgan fingerprint density at radius 3 is 2.47 bits per heavy atom. The van der Waals surface area contributed by atoms with Crippen LogP contribution in [0.1, 0.15) is 36.0 Å². The van der Waals surface area contributed by atoms with E-state index in [1.807, 2.05) is 13.8 Å². The Hall–Kier alpha value is -0.0900. The van der Waals surface area contributed by atoms with E-state index in [2.05, 4.69) is 25.7 Å². The van der Waals surface area contributed by atoms with Crippen molar-refractivity contribution in [3.05, 3.63) is 0 Å². The Labute approximate surface area is 96.7 Å². The molecule has 1 aliphatic heterocycles. The Bertz CT molecular complexity index is 265. The second kappa shape index (κ2) is 6.48. The highest BCUT2D eigenvalue weighted by Gasteiger charge is 2.31. The summed E-state index contributed by atoms with van der Waals surface area (Å²) in [6.07, 6.45) is 0. The molecule has 94 valence electrons.